The Morgan fingerprint density at radius 1 is 1.47 bits per heavy atom. The molecule has 1 saturated heterocycles. The summed E-state index contributed by atoms with van der Waals surface area (Å²) in [4.78, 5) is 0. The van der Waals surface area contributed by atoms with Crippen LogP contribution in [0.1, 0.15) is 30.9 Å². The largest absolute Gasteiger partial charge is 0.388 e. The average molecular weight is 210 g/mol. The number of halogens is 1. The maximum absolute atomic E-state index is 13.3. The minimum Gasteiger partial charge on any atom is -0.388 e. The molecule has 1 aromatic carbocycles. The number of aliphatic hydroxyl groups is 1. The molecule has 0 aliphatic carbocycles. The molecule has 1 N–H and O–H groups in total. The highest BCUT2D eigenvalue weighted by molar-refractivity contribution is 5.19. The monoisotopic (exact) mass is 210 g/mol. The smallest absolute Gasteiger partial charge is 0.129 e. The van der Waals surface area contributed by atoms with E-state index >= 15 is 0 Å². The number of rotatable bonds is 3. The van der Waals surface area contributed by atoms with Crippen molar-refractivity contribution in [2.24, 2.45) is 0 Å². The van der Waals surface area contributed by atoms with Crippen LogP contribution in [0.25, 0.3) is 0 Å². The number of hydrogen-bond donors (Lipinski definition) is 1. The van der Waals surface area contributed by atoms with Gasteiger partial charge in [-0.15, -0.1) is 0 Å². The number of ether oxygens (including phenoxy) is 1. The second kappa shape index (κ2) is 4.73. The molecule has 0 amide bonds. The third kappa shape index (κ3) is 2.55. The summed E-state index contributed by atoms with van der Waals surface area (Å²) in [6.45, 7) is 0.759. The van der Waals surface area contributed by atoms with Crippen LogP contribution in [0.2, 0.25) is 0 Å². The lowest BCUT2D eigenvalue weighted by Gasteiger charge is -2.15. The predicted molar refractivity (Wildman–Crippen MR) is 55.0 cm³/mol. The van der Waals surface area contributed by atoms with Gasteiger partial charge >= 0.3 is 0 Å². The highest BCUT2D eigenvalue weighted by Gasteiger charge is 2.21. The topological polar surface area (TPSA) is 29.5 Å². The Morgan fingerprint density at radius 2 is 2.27 bits per heavy atom. The molecule has 0 radical (unpaired) electrons. The van der Waals surface area contributed by atoms with Gasteiger partial charge < -0.3 is 9.84 Å². The summed E-state index contributed by atoms with van der Waals surface area (Å²) >= 11 is 0. The van der Waals surface area contributed by atoms with E-state index in [4.69, 9.17) is 4.74 Å². The van der Waals surface area contributed by atoms with Crippen molar-refractivity contribution in [3.63, 3.8) is 0 Å². The van der Waals surface area contributed by atoms with Gasteiger partial charge in [0.15, 0.2) is 0 Å². The highest BCUT2D eigenvalue weighted by atomic mass is 19.1. The van der Waals surface area contributed by atoms with Crippen LogP contribution in [0.3, 0.4) is 0 Å². The first kappa shape index (κ1) is 10.6. The van der Waals surface area contributed by atoms with Gasteiger partial charge in [0.25, 0.3) is 0 Å². The van der Waals surface area contributed by atoms with Gasteiger partial charge in [-0.3, -0.25) is 0 Å². The first-order chi connectivity index (χ1) is 7.27. The van der Waals surface area contributed by atoms with Crippen LogP contribution in [-0.2, 0) is 4.74 Å². The predicted octanol–water partition coefficient (Wildman–Crippen LogP) is 2.43. The molecule has 2 nitrogen and oxygen atoms in total. The molecule has 15 heavy (non-hydrogen) atoms. The van der Waals surface area contributed by atoms with E-state index in [1.54, 1.807) is 18.2 Å². The first-order valence-corrected chi connectivity index (χ1v) is 5.31. The SMILES string of the molecule is OC(CC1CCCO1)c1ccccc1F. The Kier molecular flexibility index (Phi) is 3.34. The molecule has 1 aliphatic rings. The van der Waals surface area contributed by atoms with E-state index in [0.717, 1.165) is 19.4 Å². The Balaban J connectivity index is 2.00. The van der Waals surface area contributed by atoms with Crippen LogP contribution >= 0.6 is 0 Å². The zero-order valence-corrected chi connectivity index (χ0v) is 8.53. The quantitative estimate of drug-likeness (QED) is 0.830. The molecule has 82 valence electrons. The molecule has 0 spiro atoms. The van der Waals surface area contributed by atoms with E-state index in [1.165, 1.54) is 6.07 Å². The van der Waals surface area contributed by atoms with E-state index in [1.807, 2.05) is 0 Å². The summed E-state index contributed by atoms with van der Waals surface area (Å²) < 4.78 is 18.7. The average Bonchev–Trinajstić information content (AvgIpc) is 2.71. The summed E-state index contributed by atoms with van der Waals surface area (Å²) in [5.74, 6) is -0.344. The molecule has 0 bridgehead atoms. The van der Waals surface area contributed by atoms with Crippen molar-refractivity contribution in [3.05, 3.63) is 35.6 Å². The second-order valence-corrected chi connectivity index (χ2v) is 3.91. The van der Waals surface area contributed by atoms with E-state index < -0.39 is 6.10 Å². The van der Waals surface area contributed by atoms with Crippen molar-refractivity contribution in [1.29, 1.82) is 0 Å². The molecular formula is C12H15FO2. The van der Waals surface area contributed by atoms with Gasteiger partial charge in [0, 0.05) is 18.6 Å². The van der Waals surface area contributed by atoms with Crippen molar-refractivity contribution in [1.82, 2.24) is 0 Å². The van der Waals surface area contributed by atoms with Crippen molar-refractivity contribution < 1.29 is 14.2 Å². The fraction of sp³-hybridized carbons (Fsp3) is 0.500. The minimum absolute atomic E-state index is 0.0830. The van der Waals surface area contributed by atoms with Crippen LogP contribution < -0.4 is 0 Å². The van der Waals surface area contributed by atoms with Gasteiger partial charge in [-0.1, -0.05) is 18.2 Å². The van der Waals surface area contributed by atoms with Gasteiger partial charge in [0.1, 0.15) is 5.82 Å². The van der Waals surface area contributed by atoms with E-state index in [-0.39, 0.29) is 11.9 Å². The molecule has 2 rings (SSSR count). The third-order valence-corrected chi connectivity index (χ3v) is 2.77. The normalized spacial score (nSPS) is 22.9. The zero-order chi connectivity index (χ0) is 10.7. The van der Waals surface area contributed by atoms with Gasteiger partial charge in [-0.05, 0) is 18.9 Å². The van der Waals surface area contributed by atoms with Crippen molar-refractivity contribution >= 4 is 0 Å². The molecular weight excluding hydrogens is 195 g/mol. The van der Waals surface area contributed by atoms with Gasteiger partial charge in [-0.25, -0.2) is 4.39 Å². The highest BCUT2D eigenvalue weighted by Crippen LogP contribution is 2.26. The Labute approximate surface area is 88.7 Å². The van der Waals surface area contributed by atoms with Crippen LogP contribution in [0, 0.1) is 5.82 Å². The summed E-state index contributed by atoms with van der Waals surface area (Å²) in [5.41, 5.74) is 0.369. The molecule has 1 fully saturated rings. The fourth-order valence-corrected chi connectivity index (χ4v) is 1.95. The minimum atomic E-state index is -0.755. The van der Waals surface area contributed by atoms with E-state index in [9.17, 15) is 9.50 Å². The van der Waals surface area contributed by atoms with Gasteiger partial charge in [-0.2, -0.15) is 0 Å². The first-order valence-electron chi connectivity index (χ1n) is 5.31. The lowest BCUT2D eigenvalue weighted by Crippen LogP contribution is -2.12. The maximum Gasteiger partial charge on any atom is 0.129 e. The van der Waals surface area contributed by atoms with E-state index in [2.05, 4.69) is 0 Å². The molecule has 2 atom stereocenters. The van der Waals surface area contributed by atoms with Crippen molar-refractivity contribution in [3.8, 4) is 0 Å². The lowest BCUT2D eigenvalue weighted by molar-refractivity contribution is 0.0522. The molecule has 0 saturated carbocycles. The number of hydrogen-bond acceptors (Lipinski definition) is 2. The molecule has 0 aromatic heterocycles. The molecule has 2 unspecified atom stereocenters. The maximum atomic E-state index is 13.3. The molecule has 1 aliphatic heterocycles. The summed E-state index contributed by atoms with van der Waals surface area (Å²) in [6, 6.07) is 6.35. The van der Waals surface area contributed by atoms with E-state index in [0.29, 0.717) is 12.0 Å². The summed E-state index contributed by atoms with van der Waals surface area (Å²) in [5, 5.41) is 9.84. The Hall–Kier alpha value is -0.930. The van der Waals surface area contributed by atoms with Crippen molar-refractivity contribution in [2.75, 3.05) is 6.61 Å². The van der Waals surface area contributed by atoms with Crippen LogP contribution in [0.4, 0.5) is 4.39 Å². The van der Waals surface area contributed by atoms with Crippen LogP contribution in [-0.4, -0.2) is 17.8 Å². The Morgan fingerprint density at radius 3 is 2.93 bits per heavy atom. The van der Waals surface area contributed by atoms with Crippen molar-refractivity contribution in [2.45, 2.75) is 31.5 Å². The summed E-state index contributed by atoms with van der Waals surface area (Å²) in [6.07, 6.45) is 1.81. The fourth-order valence-electron chi connectivity index (χ4n) is 1.95. The number of benzene rings is 1. The van der Waals surface area contributed by atoms with Crippen LogP contribution in [0.5, 0.6) is 0 Å². The van der Waals surface area contributed by atoms with Gasteiger partial charge in [0.2, 0.25) is 0 Å². The lowest BCUT2D eigenvalue weighted by atomic mass is 10.0. The van der Waals surface area contributed by atoms with Gasteiger partial charge in [0.05, 0.1) is 12.2 Å². The second-order valence-electron chi connectivity index (χ2n) is 3.91. The number of aliphatic hydroxyl groups excluding tert-OH is 1. The molecule has 1 heterocycles. The standard InChI is InChI=1S/C12H15FO2/c13-11-6-2-1-5-10(11)12(14)8-9-4-3-7-15-9/h1-2,5-6,9,12,14H,3-4,7-8H2. The summed E-state index contributed by atoms with van der Waals surface area (Å²) in [7, 11) is 0. The zero-order valence-electron chi connectivity index (χ0n) is 8.53. The van der Waals surface area contributed by atoms with Crippen LogP contribution in [0.15, 0.2) is 24.3 Å². The molecule has 1 aromatic rings. The molecule has 3 heteroatoms. The third-order valence-electron chi connectivity index (χ3n) is 2.77. The Bertz CT molecular complexity index is 321.